The molecule has 0 radical (unpaired) electrons. The minimum Gasteiger partial charge on any atom is -0.252 e. The summed E-state index contributed by atoms with van der Waals surface area (Å²) in [7, 11) is 0. The van der Waals surface area contributed by atoms with E-state index in [0.717, 1.165) is 16.5 Å². The summed E-state index contributed by atoms with van der Waals surface area (Å²) in [6.07, 6.45) is 3.38. The summed E-state index contributed by atoms with van der Waals surface area (Å²) in [5.74, 6) is 0.528. The van der Waals surface area contributed by atoms with Gasteiger partial charge in [-0.15, -0.1) is 0 Å². The summed E-state index contributed by atoms with van der Waals surface area (Å²) in [5.41, 5.74) is 0.738. The third kappa shape index (κ3) is 1.98. The van der Waals surface area contributed by atoms with Crippen molar-refractivity contribution in [1.82, 2.24) is 15.0 Å². The maximum Gasteiger partial charge on any atom is 0.180 e. The highest BCUT2D eigenvalue weighted by molar-refractivity contribution is 9.10. The van der Waals surface area contributed by atoms with E-state index in [2.05, 4.69) is 30.9 Å². The molecule has 0 aliphatic rings. The van der Waals surface area contributed by atoms with Gasteiger partial charge in [-0.1, -0.05) is 35.9 Å². The van der Waals surface area contributed by atoms with Crippen molar-refractivity contribution in [2.45, 2.75) is 0 Å². The van der Waals surface area contributed by atoms with Crippen molar-refractivity contribution in [3.63, 3.8) is 0 Å². The monoisotopic (exact) mass is 319 g/mol. The van der Waals surface area contributed by atoms with Gasteiger partial charge < -0.3 is 0 Å². The van der Waals surface area contributed by atoms with Crippen molar-refractivity contribution < 1.29 is 0 Å². The molecular formula is C13H7BrClN3. The molecule has 0 saturated heterocycles. The molecule has 3 rings (SSSR count). The van der Waals surface area contributed by atoms with E-state index in [1.165, 1.54) is 0 Å². The molecule has 5 heteroatoms. The highest BCUT2D eigenvalue weighted by atomic mass is 79.9. The number of nitrogens with zero attached hydrogens (tertiary/aromatic N) is 3. The molecule has 0 amide bonds. The average molecular weight is 321 g/mol. The summed E-state index contributed by atoms with van der Waals surface area (Å²) in [6, 6.07) is 9.94. The van der Waals surface area contributed by atoms with Crippen LogP contribution in [0.5, 0.6) is 0 Å². The van der Waals surface area contributed by atoms with Gasteiger partial charge in [0.25, 0.3) is 0 Å². The topological polar surface area (TPSA) is 38.7 Å². The van der Waals surface area contributed by atoms with E-state index in [9.17, 15) is 0 Å². The van der Waals surface area contributed by atoms with Crippen molar-refractivity contribution in [2.24, 2.45) is 0 Å². The predicted octanol–water partition coefficient (Wildman–Crippen LogP) is 4.11. The Hall–Kier alpha value is -1.52. The van der Waals surface area contributed by atoms with Crippen LogP contribution in [-0.4, -0.2) is 15.0 Å². The van der Waals surface area contributed by atoms with Gasteiger partial charge in [-0.25, -0.2) is 9.97 Å². The maximum absolute atomic E-state index is 5.99. The van der Waals surface area contributed by atoms with E-state index in [-0.39, 0.29) is 0 Å². The van der Waals surface area contributed by atoms with Crippen LogP contribution < -0.4 is 0 Å². The third-order valence-electron chi connectivity index (χ3n) is 2.59. The molecule has 3 nitrogen and oxygen atoms in total. The van der Waals surface area contributed by atoms with E-state index in [1.807, 2.05) is 30.3 Å². The van der Waals surface area contributed by atoms with Gasteiger partial charge in [0, 0.05) is 17.8 Å². The number of rotatable bonds is 1. The number of fused-ring (bicyclic) bond motifs is 1. The summed E-state index contributed by atoms with van der Waals surface area (Å²) in [4.78, 5) is 12.8. The average Bonchev–Trinajstić information content (AvgIpc) is 2.41. The lowest BCUT2D eigenvalue weighted by Gasteiger charge is -2.04. The van der Waals surface area contributed by atoms with Crippen molar-refractivity contribution in [3.05, 3.63) is 52.4 Å². The molecule has 0 spiro atoms. The van der Waals surface area contributed by atoms with Crippen LogP contribution in [0, 0.1) is 0 Å². The number of hydrogen-bond donors (Lipinski definition) is 0. The Balaban J connectivity index is 2.28. The van der Waals surface area contributed by atoms with Crippen LogP contribution in [-0.2, 0) is 0 Å². The fourth-order valence-electron chi connectivity index (χ4n) is 1.76. The first kappa shape index (κ1) is 11.6. The Labute approximate surface area is 117 Å². The minimum absolute atomic E-state index is 0.384. The van der Waals surface area contributed by atoms with Gasteiger partial charge >= 0.3 is 0 Å². The van der Waals surface area contributed by atoms with Crippen LogP contribution in [0.3, 0.4) is 0 Å². The molecule has 0 atom stereocenters. The van der Waals surface area contributed by atoms with E-state index in [0.29, 0.717) is 15.5 Å². The third-order valence-corrected chi connectivity index (χ3v) is 3.68. The van der Waals surface area contributed by atoms with Gasteiger partial charge in [-0.2, -0.15) is 0 Å². The Morgan fingerprint density at radius 3 is 2.72 bits per heavy atom. The summed E-state index contributed by atoms with van der Waals surface area (Å²) < 4.78 is 0.674. The second-order valence-electron chi connectivity index (χ2n) is 3.71. The molecule has 1 aromatic carbocycles. The smallest absolute Gasteiger partial charge is 0.180 e. The lowest BCUT2D eigenvalue weighted by molar-refractivity contribution is 1.14. The van der Waals surface area contributed by atoms with E-state index < -0.39 is 0 Å². The number of aromatic nitrogens is 3. The van der Waals surface area contributed by atoms with Gasteiger partial charge in [0.15, 0.2) is 5.82 Å². The number of pyridine rings is 1. The standard InChI is InChI=1S/C13H7BrClN3/c14-10-7-17-13(18-12(10)15)11-9-4-2-1-3-8(9)5-6-16-11/h1-7H. The Morgan fingerprint density at radius 2 is 1.89 bits per heavy atom. The van der Waals surface area contributed by atoms with Crippen molar-refractivity contribution in [1.29, 1.82) is 0 Å². The van der Waals surface area contributed by atoms with Gasteiger partial charge in [0.1, 0.15) is 10.8 Å². The second kappa shape index (κ2) is 4.63. The largest absolute Gasteiger partial charge is 0.252 e. The Morgan fingerprint density at radius 1 is 1.06 bits per heavy atom. The fraction of sp³-hybridized carbons (Fsp3) is 0. The van der Waals surface area contributed by atoms with E-state index in [1.54, 1.807) is 12.4 Å². The normalized spacial score (nSPS) is 10.8. The molecule has 0 bridgehead atoms. The van der Waals surface area contributed by atoms with Gasteiger partial charge in [0.2, 0.25) is 0 Å². The molecule has 2 heterocycles. The molecule has 0 N–H and O–H groups in total. The van der Waals surface area contributed by atoms with Crippen LogP contribution >= 0.6 is 27.5 Å². The van der Waals surface area contributed by atoms with Crippen molar-refractivity contribution in [3.8, 4) is 11.5 Å². The highest BCUT2D eigenvalue weighted by Gasteiger charge is 2.09. The van der Waals surface area contributed by atoms with Crippen LogP contribution in [0.15, 0.2) is 47.2 Å². The number of benzene rings is 1. The lowest BCUT2D eigenvalue weighted by Crippen LogP contribution is -1.93. The molecule has 3 aromatic rings. The first-order chi connectivity index (χ1) is 8.75. The predicted molar refractivity (Wildman–Crippen MR) is 75.5 cm³/mol. The van der Waals surface area contributed by atoms with Crippen LogP contribution in [0.1, 0.15) is 0 Å². The van der Waals surface area contributed by atoms with Crippen molar-refractivity contribution >= 4 is 38.3 Å². The molecule has 18 heavy (non-hydrogen) atoms. The zero-order valence-corrected chi connectivity index (χ0v) is 11.5. The second-order valence-corrected chi connectivity index (χ2v) is 4.93. The molecule has 0 aliphatic carbocycles. The molecule has 0 fully saturated rings. The van der Waals surface area contributed by atoms with Crippen LogP contribution in [0.25, 0.3) is 22.3 Å². The van der Waals surface area contributed by atoms with Gasteiger partial charge in [-0.3, -0.25) is 4.98 Å². The zero-order valence-electron chi connectivity index (χ0n) is 9.14. The van der Waals surface area contributed by atoms with Gasteiger partial charge in [-0.05, 0) is 27.4 Å². The summed E-state index contributed by atoms with van der Waals surface area (Å²) >= 11 is 9.26. The molecule has 2 aromatic heterocycles. The van der Waals surface area contributed by atoms with Crippen LogP contribution in [0.2, 0.25) is 5.15 Å². The Bertz CT molecular complexity index is 725. The fourth-order valence-corrected chi connectivity index (χ4v) is 2.08. The first-order valence-electron chi connectivity index (χ1n) is 5.28. The summed E-state index contributed by atoms with van der Waals surface area (Å²) in [5, 5.41) is 2.50. The molecule has 0 aliphatic heterocycles. The minimum atomic E-state index is 0.384. The van der Waals surface area contributed by atoms with Crippen LogP contribution in [0.4, 0.5) is 0 Å². The number of halogens is 2. The zero-order chi connectivity index (χ0) is 12.5. The van der Waals surface area contributed by atoms with E-state index in [4.69, 9.17) is 11.6 Å². The maximum atomic E-state index is 5.99. The quantitative estimate of drug-likeness (QED) is 0.633. The number of hydrogen-bond acceptors (Lipinski definition) is 3. The molecule has 88 valence electrons. The molecule has 0 unspecified atom stereocenters. The SMILES string of the molecule is Clc1nc(-c2nccc3ccccc23)ncc1Br. The van der Waals surface area contributed by atoms with E-state index >= 15 is 0 Å². The Kier molecular flexibility index (Phi) is 2.97. The molecular weight excluding hydrogens is 314 g/mol. The summed E-state index contributed by atoms with van der Waals surface area (Å²) in [6.45, 7) is 0. The van der Waals surface area contributed by atoms with Crippen molar-refractivity contribution in [2.75, 3.05) is 0 Å². The molecule has 0 saturated carbocycles. The highest BCUT2D eigenvalue weighted by Crippen LogP contribution is 2.26. The lowest BCUT2D eigenvalue weighted by atomic mass is 10.1. The first-order valence-corrected chi connectivity index (χ1v) is 6.45. The van der Waals surface area contributed by atoms with Gasteiger partial charge in [0.05, 0.1) is 4.47 Å².